The Labute approximate surface area is 172 Å². The summed E-state index contributed by atoms with van der Waals surface area (Å²) in [5.74, 6) is -1.54. The van der Waals surface area contributed by atoms with Crippen LogP contribution in [0.5, 0.6) is 0 Å². The molecular formula is C17H28BF4N3O5. The van der Waals surface area contributed by atoms with E-state index in [1.165, 1.54) is 0 Å². The lowest BCUT2D eigenvalue weighted by Crippen LogP contribution is -2.40. The zero-order chi connectivity index (χ0) is 22.6. The van der Waals surface area contributed by atoms with Crippen LogP contribution in [-0.4, -0.2) is 55.7 Å². The van der Waals surface area contributed by atoms with Crippen molar-refractivity contribution in [3.05, 3.63) is 18.7 Å². The monoisotopic (exact) mass is 441 g/mol. The predicted molar refractivity (Wildman–Crippen MR) is 100.0 cm³/mol. The van der Waals surface area contributed by atoms with Gasteiger partial charge in [0.05, 0.1) is 26.7 Å². The maximum absolute atomic E-state index is 11.9. The third kappa shape index (κ3) is 10.6. The number of esters is 1. The molecule has 0 aromatic carbocycles. The van der Waals surface area contributed by atoms with Crippen molar-refractivity contribution in [1.29, 1.82) is 0 Å². The molecule has 2 rings (SSSR count). The summed E-state index contributed by atoms with van der Waals surface area (Å²) in [6, 6.07) is 0. The Kier molecular flexibility index (Phi) is 10.8. The van der Waals surface area contributed by atoms with Crippen LogP contribution in [0.15, 0.2) is 23.9 Å². The van der Waals surface area contributed by atoms with Crippen LogP contribution in [-0.2, 0) is 37.4 Å². The van der Waals surface area contributed by atoms with Gasteiger partial charge >= 0.3 is 13.2 Å². The molecule has 172 valence electrons. The summed E-state index contributed by atoms with van der Waals surface area (Å²) in [6.07, 6.45) is 8.11. The Morgan fingerprint density at radius 2 is 2.03 bits per heavy atom. The number of rotatable bonds is 11. The molecule has 0 spiro atoms. The summed E-state index contributed by atoms with van der Waals surface area (Å²) < 4.78 is 59.6. The van der Waals surface area contributed by atoms with Crippen LogP contribution in [0.25, 0.3) is 0 Å². The number of carbonyl (C=O) groups excluding carboxylic acids is 1. The molecule has 0 saturated carbocycles. The van der Waals surface area contributed by atoms with E-state index in [2.05, 4.69) is 12.1 Å². The van der Waals surface area contributed by atoms with E-state index in [0.717, 1.165) is 12.8 Å². The molecule has 1 aliphatic rings. The van der Waals surface area contributed by atoms with Crippen molar-refractivity contribution < 1.29 is 45.7 Å². The van der Waals surface area contributed by atoms with Crippen molar-refractivity contribution >= 4 is 18.9 Å². The minimum absolute atomic E-state index is 0.220. The lowest BCUT2D eigenvalue weighted by atomic mass is 10.1. The Morgan fingerprint density at radius 3 is 2.60 bits per heavy atom. The van der Waals surface area contributed by atoms with Crippen LogP contribution in [0, 0.1) is 0 Å². The van der Waals surface area contributed by atoms with Crippen molar-refractivity contribution in [1.82, 2.24) is 4.57 Å². The number of aromatic nitrogens is 2. The van der Waals surface area contributed by atoms with Gasteiger partial charge in [0.25, 0.3) is 5.79 Å². The molecule has 0 aliphatic carbocycles. The van der Waals surface area contributed by atoms with Crippen LogP contribution in [0.4, 0.5) is 17.3 Å². The zero-order valence-electron chi connectivity index (χ0n) is 17.4. The average molecular weight is 441 g/mol. The molecule has 8 nitrogen and oxygen atoms in total. The van der Waals surface area contributed by atoms with Crippen LogP contribution in [0.1, 0.15) is 33.1 Å². The molecule has 2 heterocycles. The van der Waals surface area contributed by atoms with Gasteiger partial charge in [0.15, 0.2) is 5.71 Å². The Morgan fingerprint density at radius 1 is 1.33 bits per heavy atom. The number of oxime groups is 1. The van der Waals surface area contributed by atoms with Crippen LogP contribution >= 0.6 is 0 Å². The summed E-state index contributed by atoms with van der Waals surface area (Å²) in [4.78, 5) is 17.3. The quantitative estimate of drug-likeness (QED) is 0.174. The smallest absolute Gasteiger partial charge is 0.461 e. The molecule has 1 aromatic heterocycles. The Hall–Kier alpha value is -2.15. The predicted octanol–water partition coefficient (Wildman–Crippen LogP) is 2.48. The lowest BCUT2D eigenvalue weighted by Gasteiger charge is -2.26. The number of unbranched alkanes of at least 4 members (excludes halogenated alkanes) is 1. The highest BCUT2D eigenvalue weighted by molar-refractivity contribution is 6.50. The standard InChI is InChI=1S/C17H28N3O5.BF4/c1-4-6-10-22-13-17(12-15(18-25-17)16(21)23-5-2)24-11-9-20-8-7-19(3)14-20;2-1(3,4)5/h7-8,14H,4-6,9-13H2,1-3H3;/q+1;-1. The molecule has 1 aliphatic heterocycles. The molecule has 0 radical (unpaired) electrons. The number of imidazole rings is 1. The van der Waals surface area contributed by atoms with Crippen molar-refractivity contribution in [2.75, 3.05) is 26.4 Å². The molecule has 0 amide bonds. The van der Waals surface area contributed by atoms with Crippen molar-refractivity contribution in [3.8, 4) is 0 Å². The summed E-state index contributed by atoms with van der Waals surface area (Å²) in [5, 5.41) is 3.86. The second-order valence-corrected chi connectivity index (χ2v) is 6.50. The van der Waals surface area contributed by atoms with E-state index in [9.17, 15) is 22.1 Å². The van der Waals surface area contributed by atoms with E-state index < -0.39 is 19.0 Å². The van der Waals surface area contributed by atoms with Gasteiger partial charge < -0.3 is 36.3 Å². The number of carbonyl (C=O) groups is 1. The van der Waals surface area contributed by atoms with Crippen LogP contribution in [0.3, 0.4) is 0 Å². The van der Waals surface area contributed by atoms with E-state index >= 15 is 0 Å². The SMILES string of the molecule is CCCCOCC1(OCCn2cc[n+](C)c2)CC(C(=O)OCC)=NO1.F[B-](F)(F)F. The molecule has 0 saturated heterocycles. The lowest BCUT2D eigenvalue weighted by molar-refractivity contribution is -0.671. The van der Waals surface area contributed by atoms with Crippen molar-refractivity contribution in [3.63, 3.8) is 0 Å². The number of ether oxygens (including phenoxy) is 3. The fourth-order valence-electron chi connectivity index (χ4n) is 2.42. The normalized spacial score (nSPS) is 18.3. The molecular weight excluding hydrogens is 413 g/mol. The van der Waals surface area contributed by atoms with Gasteiger partial charge in [0.2, 0.25) is 6.33 Å². The highest BCUT2D eigenvalue weighted by atomic mass is 19.5. The average Bonchev–Trinajstić information content (AvgIpc) is 3.25. The van der Waals surface area contributed by atoms with Crippen molar-refractivity contribution in [2.24, 2.45) is 12.2 Å². The van der Waals surface area contributed by atoms with Crippen LogP contribution in [0.2, 0.25) is 0 Å². The summed E-state index contributed by atoms with van der Waals surface area (Å²) in [7, 11) is -4.04. The molecule has 0 fully saturated rings. The van der Waals surface area contributed by atoms with E-state index in [1.807, 2.05) is 34.9 Å². The number of nitrogens with zero attached hydrogens (tertiary/aromatic N) is 3. The number of hydrogen-bond donors (Lipinski definition) is 0. The first-order valence-electron chi connectivity index (χ1n) is 9.60. The van der Waals surface area contributed by atoms with Crippen LogP contribution < -0.4 is 4.57 Å². The highest BCUT2D eigenvalue weighted by Gasteiger charge is 2.43. The topological polar surface area (TPSA) is 75.2 Å². The van der Waals surface area contributed by atoms with Gasteiger partial charge in [-0.2, -0.15) is 0 Å². The summed E-state index contributed by atoms with van der Waals surface area (Å²) in [6.45, 7) is 6.06. The van der Waals surface area contributed by atoms with Crippen molar-refractivity contribution in [2.45, 2.75) is 45.4 Å². The van der Waals surface area contributed by atoms with E-state index in [-0.39, 0.29) is 18.7 Å². The molecule has 0 bridgehead atoms. The number of aryl methyl sites for hydroxylation is 1. The van der Waals surface area contributed by atoms with E-state index in [1.54, 1.807) is 6.92 Å². The van der Waals surface area contributed by atoms with Gasteiger partial charge in [-0.15, -0.1) is 0 Å². The van der Waals surface area contributed by atoms with Gasteiger partial charge in [0.1, 0.15) is 25.5 Å². The molecule has 1 atom stereocenters. The fraction of sp³-hybridized carbons (Fsp3) is 0.706. The Bertz CT molecular complexity index is 681. The van der Waals surface area contributed by atoms with Gasteiger partial charge in [-0.1, -0.05) is 18.5 Å². The minimum Gasteiger partial charge on any atom is -0.461 e. The molecule has 0 N–H and O–H groups in total. The summed E-state index contributed by atoms with van der Waals surface area (Å²) in [5.41, 5.74) is 0.230. The summed E-state index contributed by atoms with van der Waals surface area (Å²) >= 11 is 0. The molecule has 13 heteroatoms. The van der Waals surface area contributed by atoms with Gasteiger partial charge in [0, 0.05) is 6.61 Å². The third-order valence-electron chi connectivity index (χ3n) is 3.77. The second-order valence-electron chi connectivity index (χ2n) is 6.50. The largest absolute Gasteiger partial charge is 0.673 e. The molecule has 1 aromatic rings. The first-order valence-corrected chi connectivity index (χ1v) is 9.60. The zero-order valence-corrected chi connectivity index (χ0v) is 17.4. The third-order valence-corrected chi connectivity index (χ3v) is 3.77. The number of hydrogen-bond acceptors (Lipinski definition) is 6. The van der Waals surface area contributed by atoms with Gasteiger partial charge in [-0.3, -0.25) is 0 Å². The second kappa shape index (κ2) is 12.5. The maximum atomic E-state index is 11.9. The van der Waals surface area contributed by atoms with E-state index in [0.29, 0.717) is 26.4 Å². The fourth-order valence-corrected chi connectivity index (χ4v) is 2.42. The molecule has 1 unspecified atom stereocenters. The first-order chi connectivity index (χ1) is 14.1. The van der Waals surface area contributed by atoms with E-state index in [4.69, 9.17) is 19.0 Å². The van der Waals surface area contributed by atoms with Gasteiger partial charge in [-0.05, 0) is 13.3 Å². The highest BCUT2D eigenvalue weighted by Crippen LogP contribution is 2.27. The Balaban J connectivity index is 0.000000804. The minimum atomic E-state index is -6.00. The number of halogens is 4. The van der Waals surface area contributed by atoms with Gasteiger partial charge in [-0.25, -0.2) is 13.9 Å². The maximum Gasteiger partial charge on any atom is 0.673 e. The molecule has 30 heavy (non-hydrogen) atoms. The first kappa shape index (κ1) is 25.9.